The second-order valence-corrected chi connectivity index (χ2v) is 6.11. The van der Waals surface area contributed by atoms with Crippen LogP contribution in [0.3, 0.4) is 0 Å². The van der Waals surface area contributed by atoms with Crippen LogP contribution in [0, 0.1) is 0 Å². The van der Waals surface area contributed by atoms with Crippen molar-refractivity contribution in [1.82, 2.24) is 9.80 Å². The molecule has 0 saturated carbocycles. The average Bonchev–Trinajstić information content (AvgIpc) is 2.98. The summed E-state index contributed by atoms with van der Waals surface area (Å²) in [7, 11) is 1.87. The van der Waals surface area contributed by atoms with Gasteiger partial charge in [0.05, 0.1) is 19.3 Å². The van der Waals surface area contributed by atoms with E-state index in [0.717, 1.165) is 26.3 Å². The van der Waals surface area contributed by atoms with Crippen molar-refractivity contribution in [3.63, 3.8) is 0 Å². The maximum Gasteiger partial charge on any atom is 0.320 e. The summed E-state index contributed by atoms with van der Waals surface area (Å²) in [6.07, 6.45) is 0. The molecule has 1 N–H and O–H groups in total. The van der Waals surface area contributed by atoms with Gasteiger partial charge in [-0.1, -0.05) is 6.07 Å². The van der Waals surface area contributed by atoms with Crippen molar-refractivity contribution in [2.75, 3.05) is 39.9 Å². The molecule has 0 amide bonds. The van der Waals surface area contributed by atoms with Gasteiger partial charge in [-0.15, -0.1) is 11.3 Å². The van der Waals surface area contributed by atoms with Crippen molar-refractivity contribution in [3.8, 4) is 0 Å². The first-order valence-electron chi connectivity index (χ1n) is 6.88. The van der Waals surface area contributed by atoms with E-state index in [1.165, 1.54) is 4.88 Å². The van der Waals surface area contributed by atoms with Gasteiger partial charge in [0.25, 0.3) is 0 Å². The third-order valence-corrected chi connectivity index (χ3v) is 4.81. The zero-order valence-corrected chi connectivity index (χ0v) is 12.8. The van der Waals surface area contributed by atoms with Crippen LogP contribution in [0.2, 0.25) is 0 Å². The number of likely N-dealkylation sites (N-methyl/N-ethyl adjacent to an activating group) is 1. The Kier molecular flexibility index (Phi) is 5.54. The van der Waals surface area contributed by atoms with E-state index in [1.807, 2.05) is 18.0 Å². The molecule has 0 bridgehead atoms. The van der Waals surface area contributed by atoms with Crippen LogP contribution in [0.15, 0.2) is 17.5 Å². The normalized spacial score (nSPS) is 19.9. The summed E-state index contributed by atoms with van der Waals surface area (Å²) in [4.78, 5) is 16.7. The lowest BCUT2D eigenvalue weighted by atomic mass is 10.1. The van der Waals surface area contributed by atoms with E-state index in [-0.39, 0.29) is 6.04 Å². The molecule has 2 rings (SSSR count). The van der Waals surface area contributed by atoms with E-state index >= 15 is 0 Å². The highest BCUT2D eigenvalue weighted by Gasteiger charge is 2.27. The van der Waals surface area contributed by atoms with Crippen LogP contribution in [0.5, 0.6) is 0 Å². The number of thiophene rings is 1. The second kappa shape index (κ2) is 7.17. The SMILES string of the molecule is CC(C(=O)O)N(C)CC(c1cccs1)N1CCOCC1. The van der Waals surface area contributed by atoms with Crippen molar-refractivity contribution in [2.45, 2.75) is 19.0 Å². The molecule has 0 radical (unpaired) electrons. The standard InChI is InChI=1S/C14H22N2O3S/c1-11(14(17)18)15(2)10-12(13-4-3-9-20-13)16-5-7-19-8-6-16/h3-4,9,11-12H,5-8,10H2,1-2H3,(H,17,18). The number of aliphatic carboxylic acids is 1. The fourth-order valence-corrected chi connectivity index (χ4v) is 3.23. The number of morpholine rings is 1. The molecule has 1 aliphatic rings. The van der Waals surface area contributed by atoms with E-state index in [4.69, 9.17) is 9.84 Å². The Hall–Kier alpha value is -0.950. The first-order valence-corrected chi connectivity index (χ1v) is 7.76. The zero-order valence-electron chi connectivity index (χ0n) is 12.0. The number of ether oxygens (including phenoxy) is 1. The van der Waals surface area contributed by atoms with E-state index in [1.54, 1.807) is 18.3 Å². The average molecular weight is 298 g/mol. The quantitative estimate of drug-likeness (QED) is 0.863. The van der Waals surface area contributed by atoms with E-state index < -0.39 is 12.0 Å². The maximum absolute atomic E-state index is 11.1. The van der Waals surface area contributed by atoms with Crippen LogP contribution in [0.4, 0.5) is 0 Å². The number of carbonyl (C=O) groups is 1. The van der Waals surface area contributed by atoms with Gasteiger partial charge in [-0.3, -0.25) is 14.6 Å². The molecule has 0 aliphatic carbocycles. The minimum atomic E-state index is -0.778. The Bertz CT molecular complexity index is 418. The minimum Gasteiger partial charge on any atom is -0.480 e. The van der Waals surface area contributed by atoms with Crippen LogP contribution >= 0.6 is 11.3 Å². The molecule has 5 nitrogen and oxygen atoms in total. The summed E-state index contributed by atoms with van der Waals surface area (Å²) in [5, 5.41) is 11.2. The van der Waals surface area contributed by atoms with Gasteiger partial charge in [0.15, 0.2) is 0 Å². The topological polar surface area (TPSA) is 53.0 Å². The molecule has 1 aromatic rings. The van der Waals surface area contributed by atoms with Crippen LogP contribution in [-0.4, -0.2) is 66.8 Å². The summed E-state index contributed by atoms with van der Waals surface area (Å²) in [5.41, 5.74) is 0. The lowest BCUT2D eigenvalue weighted by Gasteiger charge is -2.37. The Balaban J connectivity index is 2.08. The van der Waals surface area contributed by atoms with Gasteiger partial charge in [0, 0.05) is 24.5 Å². The number of hydrogen-bond acceptors (Lipinski definition) is 5. The van der Waals surface area contributed by atoms with Gasteiger partial charge in [0.1, 0.15) is 6.04 Å². The largest absolute Gasteiger partial charge is 0.480 e. The Morgan fingerprint density at radius 3 is 2.80 bits per heavy atom. The Morgan fingerprint density at radius 2 is 2.25 bits per heavy atom. The van der Waals surface area contributed by atoms with Gasteiger partial charge in [-0.2, -0.15) is 0 Å². The van der Waals surface area contributed by atoms with Gasteiger partial charge >= 0.3 is 5.97 Å². The van der Waals surface area contributed by atoms with Crippen LogP contribution < -0.4 is 0 Å². The first kappa shape index (κ1) is 15.4. The number of carboxylic acids is 1. The number of nitrogens with zero attached hydrogens (tertiary/aromatic N) is 2. The highest BCUT2D eigenvalue weighted by Crippen LogP contribution is 2.27. The van der Waals surface area contributed by atoms with Crippen molar-refractivity contribution in [1.29, 1.82) is 0 Å². The second-order valence-electron chi connectivity index (χ2n) is 5.13. The summed E-state index contributed by atoms with van der Waals surface area (Å²) >= 11 is 1.73. The zero-order chi connectivity index (χ0) is 14.5. The van der Waals surface area contributed by atoms with E-state index in [9.17, 15) is 4.79 Å². The smallest absolute Gasteiger partial charge is 0.320 e. The fraction of sp³-hybridized carbons (Fsp3) is 0.643. The highest BCUT2D eigenvalue weighted by molar-refractivity contribution is 7.10. The summed E-state index contributed by atoms with van der Waals surface area (Å²) in [5.74, 6) is -0.778. The third kappa shape index (κ3) is 3.79. The van der Waals surface area contributed by atoms with Crippen molar-refractivity contribution >= 4 is 17.3 Å². The van der Waals surface area contributed by atoms with Crippen molar-refractivity contribution in [3.05, 3.63) is 22.4 Å². The monoisotopic (exact) mass is 298 g/mol. The molecule has 2 atom stereocenters. The summed E-state index contributed by atoms with van der Waals surface area (Å²) in [6, 6.07) is 3.95. The van der Waals surface area contributed by atoms with Gasteiger partial charge in [-0.25, -0.2) is 0 Å². The third-order valence-electron chi connectivity index (χ3n) is 3.84. The van der Waals surface area contributed by atoms with Gasteiger partial charge in [0.2, 0.25) is 0 Å². The molecule has 6 heteroatoms. The molecule has 1 saturated heterocycles. The molecule has 1 aliphatic heterocycles. The van der Waals surface area contributed by atoms with Gasteiger partial charge < -0.3 is 9.84 Å². The van der Waals surface area contributed by atoms with Gasteiger partial charge in [-0.05, 0) is 25.4 Å². The lowest BCUT2D eigenvalue weighted by Crippen LogP contribution is -2.46. The number of carboxylic acid groups (broad SMARTS) is 1. The predicted octanol–water partition coefficient (Wildman–Crippen LogP) is 1.53. The molecular formula is C14H22N2O3S. The van der Waals surface area contributed by atoms with Crippen molar-refractivity contribution < 1.29 is 14.6 Å². The lowest BCUT2D eigenvalue weighted by molar-refractivity contribution is -0.142. The van der Waals surface area contributed by atoms with Crippen molar-refractivity contribution in [2.24, 2.45) is 0 Å². The molecule has 0 spiro atoms. The Labute approximate surface area is 123 Å². The minimum absolute atomic E-state index is 0.241. The molecule has 2 unspecified atom stereocenters. The highest BCUT2D eigenvalue weighted by atomic mass is 32.1. The number of hydrogen-bond donors (Lipinski definition) is 1. The molecule has 1 aromatic heterocycles. The van der Waals surface area contributed by atoms with E-state index in [2.05, 4.69) is 16.3 Å². The molecule has 0 aromatic carbocycles. The van der Waals surface area contributed by atoms with E-state index in [0.29, 0.717) is 6.54 Å². The predicted molar refractivity (Wildman–Crippen MR) is 79.2 cm³/mol. The molecule has 1 fully saturated rings. The Morgan fingerprint density at radius 1 is 1.55 bits per heavy atom. The molecular weight excluding hydrogens is 276 g/mol. The van der Waals surface area contributed by atoms with Crippen LogP contribution in [0.1, 0.15) is 17.8 Å². The molecule has 20 heavy (non-hydrogen) atoms. The summed E-state index contributed by atoms with van der Waals surface area (Å²) in [6.45, 7) is 5.75. The van der Waals surface area contributed by atoms with Crippen LogP contribution in [0.25, 0.3) is 0 Å². The maximum atomic E-state index is 11.1. The van der Waals surface area contributed by atoms with Crippen LogP contribution in [-0.2, 0) is 9.53 Å². The fourth-order valence-electron chi connectivity index (χ4n) is 2.37. The summed E-state index contributed by atoms with van der Waals surface area (Å²) < 4.78 is 5.41. The first-order chi connectivity index (χ1) is 9.59. The molecule has 112 valence electrons. The molecule has 2 heterocycles. The number of rotatable bonds is 6.